The summed E-state index contributed by atoms with van der Waals surface area (Å²) in [5.74, 6) is 0.0587. The first-order chi connectivity index (χ1) is 7.63. The minimum Gasteiger partial charge on any atom is -0.443 e. The number of nitrogens with zero attached hydrogens (tertiary/aromatic N) is 1. The molecule has 0 radical (unpaired) electrons. The van der Waals surface area contributed by atoms with E-state index >= 15 is 0 Å². The molecule has 1 aromatic heterocycles. The average molecular weight is 240 g/mol. The van der Waals surface area contributed by atoms with Crippen LogP contribution >= 0.6 is 0 Å². The lowest BCUT2D eigenvalue weighted by molar-refractivity contribution is 0.590. The van der Waals surface area contributed by atoms with Crippen LogP contribution in [0.15, 0.2) is 33.9 Å². The molecule has 0 spiro atoms. The zero-order valence-corrected chi connectivity index (χ0v) is 9.40. The van der Waals surface area contributed by atoms with Crippen LogP contribution in [0.25, 0.3) is 11.1 Å². The van der Waals surface area contributed by atoms with Gasteiger partial charge in [-0.15, -0.1) is 0 Å². The van der Waals surface area contributed by atoms with Crippen LogP contribution in [0.4, 0.5) is 0 Å². The van der Waals surface area contributed by atoms with E-state index in [9.17, 15) is 8.42 Å². The quantitative estimate of drug-likeness (QED) is 0.859. The van der Waals surface area contributed by atoms with Crippen LogP contribution in [0.5, 0.6) is 0 Å². The van der Waals surface area contributed by atoms with E-state index in [1.54, 1.807) is 6.07 Å². The lowest BCUT2D eigenvalue weighted by Crippen LogP contribution is -2.11. The van der Waals surface area contributed by atoms with Gasteiger partial charge in [-0.2, -0.15) is 0 Å². The Kier molecular flexibility index (Phi) is 2.93. The van der Waals surface area contributed by atoms with Crippen LogP contribution in [-0.2, 0) is 9.84 Å². The van der Waals surface area contributed by atoms with Gasteiger partial charge >= 0.3 is 0 Å². The molecule has 0 aliphatic rings. The molecule has 6 heteroatoms. The Morgan fingerprint density at radius 3 is 2.94 bits per heavy atom. The van der Waals surface area contributed by atoms with E-state index in [2.05, 4.69) is 4.98 Å². The van der Waals surface area contributed by atoms with E-state index in [0.717, 1.165) is 0 Å². The molecule has 0 atom stereocenters. The van der Waals surface area contributed by atoms with Crippen LogP contribution < -0.4 is 5.73 Å². The highest BCUT2D eigenvalue weighted by Gasteiger charge is 2.15. The maximum Gasteiger partial charge on any atom is 0.181 e. The summed E-state index contributed by atoms with van der Waals surface area (Å²) in [5.41, 5.74) is 6.43. The molecule has 0 saturated carbocycles. The van der Waals surface area contributed by atoms with Crippen LogP contribution in [-0.4, -0.2) is 25.7 Å². The largest absolute Gasteiger partial charge is 0.443 e. The molecule has 0 unspecified atom stereocenters. The lowest BCUT2D eigenvalue weighted by atomic mass is 10.3. The number of fused-ring (bicyclic) bond motifs is 1. The second kappa shape index (κ2) is 4.23. The maximum absolute atomic E-state index is 11.8. The molecule has 86 valence electrons. The van der Waals surface area contributed by atoms with Gasteiger partial charge in [-0.1, -0.05) is 0 Å². The van der Waals surface area contributed by atoms with Gasteiger partial charge in [0.25, 0.3) is 0 Å². The summed E-state index contributed by atoms with van der Waals surface area (Å²) >= 11 is 0. The fraction of sp³-hybridized carbons (Fsp3) is 0.300. The second-order valence-corrected chi connectivity index (χ2v) is 5.55. The Morgan fingerprint density at radius 1 is 1.38 bits per heavy atom. The van der Waals surface area contributed by atoms with Crippen molar-refractivity contribution in [2.75, 3.05) is 12.3 Å². The highest BCUT2D eigenvalue weighted by atomic mass is 32.2. The summed E-state index contributed by atoms with van der Waals surface area (Å²) in [7, 11) is -3.26. The number of hydrogen-bond donors (Lipinski definition) is 1. The van der Waals surface area contributed by atoms with Gasteiger partial charge in [0, 0.05) is 6.07 Å². The van der Waals surface area contributed by atoms with Crippen molar-refractivity contribution < 1.29 is 12.8 Å². The fourth-order valence-electron chi connectivity index (χ4n) is 1.42. The van der Waals surface area contributed by atoms with Crippen molar-refractivity contribution in [2.45, 2.75) is 11.3 Å². The van der Waals surface area contributed by atoms with Gasteiger partial charge in [0.05, 0.1) is 10.6 Å². The van der Waals surface area contributed by atoms with Crippen LogP contribution in [0, 0.1) is 0 Å². The van der Waals surface area contributed by atoms with Crippen LogP contribution in [0.3, 0.4) is 0 Å². The van der Waals surface area contributed by atoms with Gasteiger partial charge < -0.3 is 10.2 Å². The SMILES string of the molecule is NCCCS(=O)(=O)c1ccc2ncoc2c1. The van der Waals surface area contributed by atoms with E-state index in [1.165, 1.54) is 18.5 Å². The minimum absolute atomic E-state index is 0.0587. The molecule has 1 heterocycles. The van der Waals surface area contributed by atoms with Gasteiger partial charge in [-0.3, -0.25) is 0 Å². The second-order valence-electron chi connectivity index (χ2n) is 3.44. The molecular formula is C10H12N2O3S. The third kappa shape index (κ3) is 2.07. The highest BCUT2D eigenvalue weighted by molar-refractivity contribution is 7.91. The molecule has 0 aliphatic carbocycles. The number of aromatic nitrogens is 1. The fourth-order valence-corrected chi connectivity index (χ4v) is 2.76. The van der Waals surface area contributed by atoms with Crippen molar-refractivity contribution in [3.05, 3.63) is 24.6 Å². The van der Waals surface area contributed by atoms with E-state index in [0.29, 0.717) is 24.1 Å². The van der Waals surface area contributed by atoms with Gasteiger partial charge in [0.15, 0.2) is 21.8 Å². The Bertz CT molecular complexity index is 589. The average Bonchev–Trinajstić information content (AvgIpc) is 2.73. The topological polar surface area (TPSA) is 86.2 Å². The molecule has 0 amide bonds. The van der Waals surface area contributed by atoms with Crippen molar-refractivity contribution in [3.63, 3.8) is 0 Å². The van der Waals surface area contributed by atoms with Gasteiger partial charge in [-0.05, 0) is 25.1 Å². The van der Waals surface area contributed by atoms with Gasteiger partial charge in [0.2, 0.25) is 0 Å². The summed E-state index contributed by atoms with van der Waals surface area (Å²) < 4.78 is 28.7. The summed E-state index contributed by atoms with van der Waals surface area (Å²) in [5, 5.41) is 0. The summed E-state index contributed by atoms with van der Waals surface area (Å²) in [6.45, 7) is 0.365. The number of oxazole rings is 1. The predicted molar refractivity (Wildman–Crippen MR) is 59.7 cm³/mol. The first kappa shape index (κ1) is 11.1. The molecule has 1 aromatic carbocycles. The maximum atomic E-state index is 11.8. The Morgan fingerprint density at radius 2 is 2.19 bits per heavy atom. The van der Waals surface area contributed by atoms with Crippen molar-refractivity contribution in [1.82, 2.24) is 4.98 Å². The molecule has 16 heavy (non-hydrogen) atoms. The van der Waals surface area contributed by atoms with E-state index in [1.807, 2.05) is 0 Å². The van der Waals surface area contributed by atoms with Crippen molar-refractivity contribution >= 4 is 20.9 Å². The smallest absolute Gasteiger partial charge is 0.181 e. The Balaban J connectivity index is 2.39. The zero-order chi connectivity index (χ0) is 11.6. The highest BCUT2D eigenvalue weighted by Crippen LogP contribution is 2.19. The molecular weight excluding hydrogens is 228 g/mol. The number of sulfone groups is 1. The standard InChI is InChI=1S/C10H12N2O3S/c11-4-1-5-16(13,14)8-2-3-9-10(6-8)15-7-12-9/h2-3,6-7H,1,4-5,11H2. The number of benzene rings is 1. The third-order valence-corrected chi connectivity index (χ3v) is 4.08. The van der Waals surface area contributed by atoms with E-state index in [4.69, 9.17) is 10.2 Å². The van der Waals surface area contributed by atoms with Crippen molar-refractivity contribution in [1.29, 1.82) is 0 Å². The number of hydrogen-bond acceptors (Lipinski definition) is 5. The Hall–Kier alpha value is -1.40. The molecule has 2 aromatic rings. The van der Waals surface area contributed by atoms with Gasteiger partial charge in [0.1, 0.15) is 5.52 Å². The van der Waals surface area contributed by atoms with Crippen molar-refractivity contribution in [3.8, 4) is 0 Å². The lowest BCUT2D eigenvalue weighted by Gasteiger charge is -2.02. The van der Waals surface area contributed by atoms with Crippen molar-refractivity contribution in [2.24, 2.45) is 5.73 Å². The summed E-state index contributed by atoms with van der Waals surface area (Å²) in [6, 6.07) is 4.67. The van der Waals surface area contributed by atoms with E-state index in [-0.39, 0.29) is 10.6 Å². The summed E-state index contributed by atoms with van der Waals surface area (Å²) in [4.78, 5) is 4.18. The molecule has 0 bridgehead atoms. The summed E-state index contributed by atoms with van der Waals surface area (Å²) in [6.07, 6.45) is 1.75. The molecule has 0 fully saturated rings. The normalized spacial score (nSPS) is 12.1. The first-order valence-electron chi connectivity index (χ1n) is 4.89. The van der Waals surface area contributed by atoms with Crippen LogP contribution in [0.2, 0.25) is 0 Å². The molecule has 2 N–H and O–H groups in total. The molecule has 0 saturated heterocycles. The number of nitrogens with two attached hydrogens (primary N) is 1. The first-order valence-corrected chi connectivity index (χ1v) is 6.55. The minimum atomic E-state index is -3.26. The van der Waals surface area contributed by atoms with Gasteiger partial charge in [-0.25, -0.2) is 13.4 Å². The number of rotatable bonds is 4. The predicted octanol–water partition coefficient (Wildman–Crippen LogP) is 0.950. The zero-order valence-electron chi connectivity index (χ0n) is 8.59. The molecule has 5 nitrogen and oxygen atoms in total. The van der Waals surface area contributed by atoms with E-state index < -0.39 is 9.84 Å². The van der Waals surface area contributed by atoms with Crippen LogP contribution in [0.1, 0.15) is 6.42 Å². The monoisotopic (exact) mass is 240 g/mol. The third-order valence-electron chi connectivity index (χ3n) is 2.28. The Labute approximate surface area is 93.2 Å². The molecule has 0 aliphatic heterocycles. The molecule has 2 rings (SSSR count).